The number of hydrogen-bond acceptors (Lipinski definition) is 19. The molecule has 3 aliphatic rings. The molecule has 0 radical (unpaired) electrons. The van der Waals surface area contributed by atoms with Crippen molar-refractivity contribution in [1.82, 2.24) is 57.7 Å². The molecule has 104 heavy (non-hydrogen) atoms. The van der Waals surface area contributed by atoms with Gasteiger partial charge in [0.05, 0.1) is 19.6 Å². The number of nitrogens with one attached hydrogen (secondary N) is 10. The minimum absolute atomic E-state index is 0.00806. The predicted octanol–water partition coefficient (Wildman–Crippen LogP) is 0.639. The largest absolute Gasteiger partial charge is 0.508 e. The molecule has 7 rings (SSSR count). The number of carboxylic acid groups (broad SMARTS) is 1. The number of aromatic hydroxyl groups is 1. The van der Waals surface area contributed by atoms with Gasteiger partial charge in [0, 0.05) is 66.0 Å². The van der Waals surface area contributed by atoms with Gasteiger partial charge in [-0.3, -0.25) is 62.5 Å². The molecule has 11 amide bonds. The number of phenolic OH excluding ortho intramolecular Hbond substituents is 1. The zero-order valence-corrected chi connectivity index (χ0v) is 60.2. The Labute approximate surface area is 610 Å². The van der Waals surface area contributed by atoms with Crippen molar-refractivity contribution in [3.8, 4) is 11.5 Å². The Balaban J connectivity index is 1.26. The maximum Gasteiger partial charge on any atom is 0.305 e. The molecule has 564 valence electrons. The smallest absolute Gasteiger partial charge is 0.305 e. The summed E-state index contributed by atoms with van der Waals surface area (Å²) >= 11 is 2.51. The number of oxime groups is 1. The Hall–Kier alpha value is -10.1. The van der Waals surface area contributed by atoms with Crippen molar-refractivity contribution in [2.75, 3.05) is 44.4 Å². The van der Waals surface area contributed by atoms with Crippen LogP contribution >= 0.6 is 23.5 Å². The molecule has 4 bridgehead atoms. The normalized spacial score (nSPS) is 23.8. The van der Waals surface area contributed by atoms with Crippen LogP contribution in [0.4, 0.5) is 0 Å². The van der Waals surface area contributed by atoms with Gasteiger partial charge < -0.3 is 94.7 Å². The Bertz CT molecular complexity index is 3720. The minimum atomic E-state index is -1.86. The van der Waals surface area contributed by atoms with Gasteiger partial charge in [0.1, 0.15) is 78.7 Å². The van der Waals surface area contributed by atoms with Gasteiger partial charge in [0.15, 0.2) is 5.96 Å². The van der Waals surface area contributed by atoms with E-state index in [0.717, 1.165) is 30.2 Å². The van der Waals surface area contributed by atoms with Crippen molar-refractivity contribution in [3.05, 3.63) is 95.2 Å². The highest BCUT2D eigenvalue weighted by Gasteiger charge is 2.41. The number of benzene rings is 3. The van der Waals surface area contributed by atoms with Gasteiger partial charge in [-0.2, -0.15) is 23.5 Å². The van der Waals surface area contributed by atoms with Crippen LogP contribution in [0.3, 0.4) is 0 Å². The first-order valence-electron chi connectivity index (χ1n) is 34.8. The number of phenols is 1. The van der Waals surface area contributed by atoms with E-state index >= 15 is 4.79 Å². The van der Waals surface area contributed by atoms with Crippen LogP contribution in [0.1, 0.15) is 120 Å². The van der Waals surface area contributed by atoms with E-state index in [1.54, 1.807) is 44.3 Å². The number of carboxylic acids is 1. The third-order valence-electron chi connectivity index (χ3n) is 17.4. The van der Waals surface area contributed by atoms with Gasteiger partial charge in [-0.15, -0.1) is 0 Å². The van der Waals surface area contributed by atoms with E-state index in [0.29, 0.717) is 66.5 Å². The number of thioether (sulfide) groups is 2. The third kappa shape index (κ3) is 26.0. The van der Waals surface area contributed by atoms with Crippen LogP contribution in [0.15, 0.2) is 83.1 Å². The fraction of sp³-hybridized carbons (Fsp3) is 0.514. The summed E-state index contributed by atoms with van der Waals surface area (Å²) in [4.78, 5) is 184. The number of nitrogens with two attached hydrogens (primary N) is 3. The van der Waals surface area contributed by atoms with Crippen molar-refractivity contribution >= 4 is 118 Å². The highest BCUT2D eigenvalue weighted by atomic mass is 32.2. The van der Waals surface area contributed by atoms with E-state index < -0.39 is 144 Å². The average molecular weight is 1480 g/mol. The number of nitrogens with zero attached hydrogens (tertiary/aromatic N) is 3. The molecule has 3 aromatic carbocycles. The topological polar surface area (TPSA) is 494 Å². The van der Waals surface area contributed by atoms with Crippen LogP contribution in [0, 0.1) is 5.92 Å². The van der Waals surface area contributed by atoms with Crippen LogP contribution in [-0.4, -0.2) is 202 Å². The van der Waals surface area contributed by atoms with E-state index in [9.17, 15) is 63.0 Å². The second-order valence-electron chi connectivity index (χ2n) is 26.0. The zero-order chi connectivity index (χ0) is 75.2. The van der Waals surface area contributed by atoms with Crippen molar-refractivity contribution in [2.45, 2.75) is 177 Å². The average Bonchev–Trinajstić information content (AvgIpc) is 1.61. The van der Waals surface area contributed by atoms with Gasteiger partial charge in [-0.05, 0) is 116 Å². The van der Waals surface area contributed by atoms with Crippen molar-refractivity contribution in [1.29, 1.82) is 0 Å². The summed E-state index contributed by atoms with van der Waals surface area (Å²) in [5.74, 6) is -11.2. The first-order chi connectivity index (χ1) is 49.8. The van der Waals surface area contributed by atoms with Crippen LogP contribution < -0.4 is 69.8 Å². The standard InChI is InChI=1S/C70H96N16O16S2/c1-4-5-15-50-64(95)82-53(32-59(90)91)66(97)85-60(40(2)3)68(99)83-52(31-44-33-75-48-16-9-8-14-47(44)48)65(96)81-51(30-41-19-21-45(87)22-20-41)62(93)76-34-57(88)79-54(61(71)92)38-103-36-42-27-43-29-46(28-42)101-25-10-6-7-11-26-102-77-35-58(89)78-49(17-12-23-74-70(72)73)63(94)84-55(39-104-37-43)69(100)86-24-13-18-56(86)67(98)80-50/h8-9,14,16,19-22,27-29,33,35,40,49-56,60,75,87H,4-7,10-13,15,17-18,23-26,30-32,34,36-39H2,1-3H3,(H2,71,92)(H,76,93)(H,78,89)(H,79,88)(H,80,98)(H,81,96)(H,82,95)(H,83,99)(H,84,94)(H,85,97)(H,90,91)(H4,72,73,74)/b77-35+/t49-,50-,51-,52-,53-,54-,55-,56-,60?/m0/s1. The number of aromatic nitrogens is 1. The molecule has 34 heteroatoms. The van der Waals surface area contributed by atoms with Crippen LogP contribution in [0.5, 0.6) is 11.5 Å². The van der Waals surface area contributed by atoms with Crippen molar-refractivity contribution in [2.24, 2.45) is 33.3 Å². The molecule has 32 nitrogen and oxygen atoms in total. The molecule has 0 saturated carbocycles. The maximum absolute atomic E-state index is 15.2. The number of rotatable bonds is 15. The van der Waals surface area contributed by atoms with Gasteiger partial charge in [-0.25, -0.2) is 0 Å². The van der Waals surface area contributed by atoms with Crippen molar-refractivity contribution in [3.63, 3.8) is 0 Å². The zero-order valence-electron chi connectivity index (χ0n) is 58.5. The number of H-pyrrole nitrogens is 1. The first kappa shape index (κ1) is 81.2. The molecule has 4 aromatic rings. The molecular weight excluding hydrogens is 1380 g/mol. The number of carbonyl (C=O) groups excluding carboxylic acids is 11. The Morgan fingerprint density at radius 2 is 1.32 bits per heavy atom. The molecule has 1 fully saturated rings. The van der Waals surface area contributed by atoms with Gasteiger partial charge in [0.25, 0.3) is 5.91 Å². The number of unbranched alkanes of at least 4 members (excludes halogenated alkanes) is 1. The highest BCUT2D eigenvalue weighted by Crippen LogP contribution is 2.28. The Kier molecular flexibility index (Phi) is 32.2. The predicted molar refractivity (Wildman–Crippen MR) is 390 cm³/mol. The molecule has 0 aliphatic carbocycles. The lowest BCUT2D eigenvalue weighted by molar-refractivity contribution is -0.142. The summed E-state index contributed by atoms with van der Waals surface area (Å²) in [6, 6.07) is 5.60. The summed E-state index contributed by atoms with van der Waals surface area (Å²) < 4.78 is 6.30. The molecule has 4 heterocycles. The molecule has 18 N–H and O–H groups in total. The van der Waals surface area contributed by atoms with E-state index in [-0.39, 0.29) is 92.9 Å². The number of ether oxygens (including phenoxy) is 1. The molecular formula is C70H96N16O16S2. The second-order valence-corrected chi connectivity index (χ2v) is 28.1. The fourth-order valence-corrected chi connectivity index (χ4v) is 13.9. The quantitative estimate of drug-likeness (QED) is 0.0441. The molecule has 1 saturated heterocycles. The highest BCUT2D eigenvalue weighted by molar-refractivity contribution is 7.98. The van der Waals surface area contributed by atoms with E-state index in [1.165, 1.54) is 52.7 Å². The molecule has 0 spiro atoms. The minimum Gasteiger partial charge on any atom is -0.508 e. The number of aliphatic imine (C=N–C) groups is 1. The molecule has 1 aromatic heterocycles. The lowest BCUT2D eigenvalue weighted by Crippen LogP contribution is -2.61. The van der Waals surface area contributed by atoms with E-state index in [1.807, 2.05) is 25.1 Å². The number of carbonyl (C=O) groups is 12. The number of amides is 11. The number of aromatic amines is 1. The number of guanidine groups is 1. The summed E-state index contributed by atoms with van der Waals surface area (Å²) in [6.07, 6.45) is 5.37. The van der Waals surface area contributed by atoms with Gasteiger partial charge >= 0.3 is 5.97 Å². The first-order valence-corrected chi connectivity index (χ1v) is 37.1. The number of aliphatic carboxylic acids is 1. The second kappa shape index (κ2) is 41.2. The van der Waals surface area contributed by atoms with Crippen molar-refractivity contribution < 1.29 is 77.3 Å². The number of para-hydroxylation sites is 1. The van der Waals surface area contributed by atoms with E-state index in [4.69, 9.17) is 26.8 Å². The molecule has 1 unspecified atom stereocenters. The number of primary amides is 1. The molecule has 3 aliphatic heterocycles. The Morgan fingerprint density at radius 1 is 0.683 bits per heavy atom. The van der Waals surface area contributed by atoms with Gasteiger partial charge in [-0.1, -0.05) is 75.2 Å². The summed E-state index contributed by atoms with van der Waals surface area (Å²) in [6.45, 7) is 4.90. The lowest BCUT2D eigenvalue weighted by Gasteiger charge is -2.31. The summed E-state index contributed by atoms with van der Waals surface area (Å²) in [5, 5.41) is 48.7. The third-order valence-corrected chi connectivity index (χ3v) is 19.6. The summed E-state index contributed by atoms with van der Waals surface area (Å²) in [5.41, 5.74) is 20.2. The van der Waals surface area contributed by atoms with Gasteiger partial charge in [0.2, 0.25) is 59.1 Å². The SMILES string of the molecule is CCCC[C@@H]1NC(=O)[C@@H]2CCCN2C(=O)[C@@H]2CSCc3cc(cc(c3)OCCCCCCO/N=C/C(=O)N[C@@H](CCCN=C(N)N)C(=O)N2)CSC[C@@H](C(N)=O)NC(=O)CNC(=O)[C@H](Cc2ccc(O)cc2)NC(=O)[C@H](Cc2c[nH]c3ccccc23)NC(=O)C(C(C)C)NC(=O)[C@H](CC(=O)O)NC1=O. The van der Waals surface area contributed by atoms with Crippen LogP contribution in [0.25, 0.3) is 10.9 Å². The monoisotopic (exact) mass is 1480 g/mol. The fourth-order valence-electron chi connectivity index (χ4n) is 11.9. The number of fused-ring (bicyclic) bond motifs is 7. The van der Waals surface area contributed by atoms with Crippen LogP contribution in [-0.2, 0) is 86.7 Å². The molecule has 9 atom stereocenters. The lowest BCUT2D eigenvalue weighted by atomic mass is 9.99. The van der Waals surface area contributed by atoms with Crippen LogP contribution in [0.2, 0.25) is 0 Å². The summed E-state index contributed by atoms with van der Waals surface area (Å²) in [7, 11) is 0. The Morgan fingerprint density at radius 3 is 2.02 bits per heavy atom. The number of hydrogen-bond donors (Lipinski definition) is 15. The van der Waals surface area contributed by atoms with E-state index in [2.05, 4.69) is 63.0 Å². The maximum atomic E-state index is 15.2.